The molecular formula is C23H28O5. The zero-order valence-electron chi connectivity index (χ0n) is 16.9. The predicted molar refractivity (Wildman–Crippen MR) is 109 cm³/mol. The third-order valence-electron chi connectivity index (χ3n) is 5.38. The van der Waals surface area contributed by atoms with E-state index in [-0.39, 0.29) is 29.2 Å². The Bertz CT molecular complexity index is 845. The summed E-state index contributed by atoms with van der Waals surface area (Å²) >= 11 is 0. The van der Waals surface area contributed by atoms with E-state index in [1.165, 1.54) is 31.4 Å². The number of hydrogen-bond donors (Lipinski definition) is 2. The van der Waals surface area contributed by atoms with E-state index < -0.39 is 5.60 Å². The highest BCUT2D eigenvalue weighted by atomic mass is 16.5. The molecule has 0 fully saturated rings. The summed E-state index contributed by atoms with van der Waals surface area (Å²) in [5.74, 6) is -0.385. The largest absolute Gasteiger partial charge is 0.504 e. The second kappa shape index (κ2) is 8.57. The normalized spacial score (nSPS) is 21.7. The van der Waals surface area contributed by atoms with Crippen molar-refractivity contribution in [2.24, 2.45) is 5.41 Å². The molecule has 0 amide bonds. The Morgan fingerprint density at radius 2 is 1.89 bits per heavy atom. The molecule has 0 bridgehead atoms. The average Bonchev–Trinajstić information content (AvgIpc) is 2.64. The third-order valence-corrected chi connectivity index (χ3v) is 5.38. The monoisotopic (exact) mass is 384 g/mol. The van der Waals surface area contributed by atoms with E-state index in [4.69, 9.17) is 4.74 Å². The summed E-state index contributed by atoms with van der Waals surface area (Å²) < 4.78 is 5.02. The number of carbonyl (C=O) groups excluding carboxylic acids is 2. The van der Waals surface area contributed by atoms with Crippen molar-refractivity contribution in [3.05, 3.63) is 53.6 Å². The lowest BCUT2D eigenvalue weighted by Crippen LogP contribution is -2.46. The van der Waals surface area contributed by atoms with Gasteiger partial charge in [-0.15, -0.1) is 0 Å². The fraction of sp³-hybridized carbons (Fsp3) is 0.391. The highest BCUT2D eigenvalue weighted by Gasteiger charge is 2.44. The molecule has 28 heavy (non-hydrogen) atoms. The van der Waals surface area contributed by atoms with Crippen LogP contribution in [0.25, 0.3) is 6.08 Å². The van der Waals surface area contributed by atoms with Gasteiger partial charge in [-0.3, -0.25) is 9.59 Å². The molecule has 5 nitrogen and oxygen atoms in total. The van der Waals surface area contributed by atoms with Crippen LogP contribution in [0.5, 0.6) is 11.5 Å². The van der Waals surface area contributed by atoms with Crippen LogP contribution in [0, 0.1) is 5.41 Å². The molecule has 1 aromatic carbocycles. The first-order valence-electron chi connectivity index (χ1n) is 9.28. The van der Waals surface area contributed by atoms with Crippen molar-refractivity contribution in [3.8, 4) is 11.5 Å². The summed E-state index contributed by atoms with van der Waals surface area (Å²) in [5, 5.41) is 20.6. The predicted octanol–water partition coefficient (Wildman–Crippen LogP) is 4.00. The van der Waals surface area contributed by atoms with Crippen molar-refractivity contribution in [1.82, 2.24) is 0 Å². The lowest BCUT2D eigenvalue weighted by atomic mass is 9.65. The number of aliphatic hydroxyl groups is 1. The highest BCUT2D eigenvalue weighted by Crippen LogP contribution is 2.45. The van der Waals surface area contributed by atoms with E-state index in [9.17, 15) is 19.8 Å². The number of ketones is 2. The molecule has 0 heterocycles. The van der Waals surface area contributed by atoms with Gasteiger partial charge in [-0.1, -0.05) is 32.1 Å². The van der Waals surface area contributed by atoms with Gasteiger partial charge in [0, 0.05) is 5.41 Å². The van der Waals surface area contributed by atoms with E-state index in [0.717, 1.165) is 18.4 Å². The van der Waals surface area contributed by atoms with Crippen LogP contribution in [0.4, 0.5) is 0 Å². The lowest BCUT2D eigenvalue weighted by molar-refractivity contribution is -0.122. The van der Waals surface area contributed by atoms with Gasteiger partial charge in [0.25, 0.3) is 0 Å². The number of hydrogen-bond acceptors (Lipinski definition) is 5. The van der Waals surface area contributed by atoms with Gasteiger partial charge in [0.15, 0.2) is 23.1 Å². The summed E-state index contributed by atoms with van der Waals surface area (Å²) in [5.41, 5.74) is -0.0855. The number of ether oxygens (including phenoxy) is 1. The average molecular weight is 384 g/mol. The minimum atomic E-state index is -1.19. The quantitative estimate of drug-likeness (QED) is 0.422. The van der Waals surface area contributed by atoms with Crippen LogP contribution >= 0.6 is 0 Å². The van der Waals surface area contributed by atoms with Crippen LogP contribution in [0.15, 0.2) is 48.1 Å². The van der Waals surface area contributed by atoms with Gasteiger partial charge in [-0.25, -0.2) is 0 Å². The van der Waals surface area contributed by atoms with Crippen LogP contribution in [0.3, 0.4) is 0 Å². The summed E-state index contributed by atoms with van der Waals surface area (Å²) in [6, 6.07) is 4.70. The van der Waals surface area contributed by atoms with Gasteiger partial charge in [0.2, 0.25) is 0 Å². The molecule has 2 N–H and O–H groups in total. The molecule has 1 unspecified atom stereocenters. The Labute approximate surface area is 166 Å². The van der Waals surface area contributed by atoms with E-state index in [2.05, 4.69) is 0 Å². The number of rotatable bonds is 7. The van der Waals surface area contributed by atoms with Crippen molar-refractivity contribution in [3.63, 3.8) is 0 Å². The minimum absolute atomic E-state index is 0.0132. The maximum atomic E-state index is 12.2. The zero-order chi connectivity index (χ0) is 20.9. The fourth-order valence-corrected chi connectivity index (χ4v) is 3.38. The van der Waals surface area contributed by atoms with Gasteiger partial charge in [-0.2, -0.15) is 0 Å². The van der Waals surface area contributed by atoms with E-state index in [1.54, 1.807) is 18.2 Å². The summed E-state index contributed by atoms with van der Waals surface area (Å²) in [7, 11) is 1.44. The summed E-state index contributed by atoms with van der Waals surface area (Å²) in [4.78, 5) is 24.3. The van der Waals surface area contributed by atoms with Crippen molar-refractivity contribution in [1.29, 1.82) is 0 Å². The SMILES string of the molecule is COc1cc(/C=C/C(=O)CC(=O)/C=C/C2(O)C(C)=CCCC2(C)C)ccc1O. The Morgan fingerprint density at radius 3 is 2.54 bits per heavy atom. The van der Waals surface area contributed by atoms with Crippen LogP contribution in [-0.4, -0.2) is 34.5 Å². The number of phenolic OH excluding ortho intramolecular Hbond substituents is 1. The first-order chi connectivity index (χ1) is 13.1. The number of carbonyl (C=O) groups is 2. The van der Waals surface area contributed by atoms with E-state index in [1.807, 2.05) is 26.8 Å². The molecule has 0 aromatic heterocycles. The van der Waals surface area contributed by atoms with Crippen LogP contribution in [0.2, 0.25) is 0 Å². The number of phenols is 1. The van der Waals surface area contributed by atoms with E-state index in [0.29, 0.717) is 11.3 Å². The molecule has 0 saturated carbocycles. The van der Waals surface area contributed by atoms with Crippen molar-refractivity contribution in [2.75, 3.05) is 7.11 Å². The maximum absolute atomic E-state index is 12.2. The molecule has 5 heteroatoms. The van der Waals surface area contributed by atoms with Crippen molar-refractivity contribution in [2.45, 2.75) is 45.6 Å². The number of allylic oxidation sites excluding steroid dienone is 3. The first-order valence-corrected chi connectivity index (χ1v) is 9.28. The van der Waals surface area contributed by atoms with Gasteiger partial charge in [0.1, 0.15) is 5.60 Å². The Hall–Kier alpha value is -2.66. The molecule has 1 atom stereocenters. The maximum Gasteiger partial charge on any atom is 0.163 e. The Kier molecular flexibility index (Phi) is 6.62. The molecule has 150 valence electrons. The molecular weight excluding hydrogens is 356 g/mol. The van der Waals surface area contributed by atoms with Gasteiger partial charge in [-0.05, 0) is 61.3 Å². The lowest BCUT2D eigenvalue weighted by Gasteiger charge is -2.44. The third kappa shape index (κ3) is 4.78. The molecule has 0 radical (unpaired) electrons. The molecule has 1 aliphatic rings. The van der Waals surface area contributed by atoms with Crippen LogP contribution in [-0.2, 0) is 9.59 Å². The molecule has 1 aromatic rings. The second-order valence-corrected chi connectivity index (χ2v) is 7.78. The molecule has 0 saturated heterocycles. The van der Waals surface area contributed by atoms with Crippen LogP contribution in [0.1, 0.15) is 45.6 Å². The summed E-state index contributed by atoms with van der Waals surface area (Å²) in [6.07, 6.45) is 9.13. The molecule has 2 rings (SSSR count). The fourth-order valence-electron chi connectivity index (χ4n) is 3.38. The van der Waals surface area contributed by atoms with E-state index >= 15 is 0 Å². The zero-order valence-corrected chi connectivity index (χ0v) is 16.9. The van der Waals surface area contributed by atoms with Gasteiger partial charge < -0.3 is 14.9 Å². The molecule has 0 spiro atoms. The smallest absolute Gasteiger partial charge is 0.163 e. The highest BCUT2D eigenvalue weighted by molar-refractivity contribution is 6.09. The minimum Gasteiger partial charge on any atom is -0.504 e. The van der Waals surface area contributed by atoms with Crippen molar-refractivity contribution >= 4 is 17.6 Å². The summed E-state index contributed by atoms with van der Waals surface area (Å²) in [6.45, 7) is 5.80. The molecule has 0 aliphatic heterocycles. The number of benzene rings is 1. The number of aromatic hydroxyl groups is 1. The van der Waals surface area contributed by atoms with Gasteiger partial charge >= 0.3 is 0 Å². The van der Waals surface area contributed by atoms with Crippen molar-refractivity contribution < 1.29 is 24.5 Å². The Morgan fingerprint density at radius 1 is 1.21 bits per heavy atom. The first kappa shape index (κ1) is 21.6. The molecule has 1 aliphatic carbocycles. The number of methoxy groups -OCH3 is 1. The second-order valence-electron chi connectivity index (χ2n) is 7.78. The van der Waals surface area contributed by atoms with Gasteiger partial charge in [0.05, 0.1) is 13.5 Å². The Balaban J connectivity index is 2.02. The van der Waals surface area contributed by atoms with Crippen LogP contribution < -0.4 is 4.74 Å². The topological polar surface area (TPSA) is 83.8 Å². The standard InChI is InChI=1S/C23H28O5/c1-16-6-5-12-22(2,3)23(16,27)13-11-19(25)15-18(24)9-7-17-8-10-20(26)21(14-17)28-4/h6-11,13-14,26-27H,5,12,15H2,1-4H3/b9-7+,13-11+.